The Morgan fingerprint density at radius 3 is 2.35 bits per heavy atom. The molecule has 0 radical (unpaired) electrons. The molecule has 4 N–H and O–H groups in total. The number of hydrogen-bond donors (Lipinski definition) is 4. The van der Waals surface area contributed by atoms with Crippen LogP contribution in [0.4, 0.5) is 0 Å². The van der Waals surface area contributed by atoms with Crippen LogP contribution in [0.1, 0.15) is 17.3 Å². The zero-order valence-electron chi connectivity index (χ0n) is 10.5. The molecule has 1 aromatic rings. The molecule has 0 spiro atoms. The average Bonchev–Trinajstić information content (AvgIpc) is 2.38. The van der Waals surface area contributed by atoms with Crippen LogP contribution in [0.15, 0.2) is 23.1 Å². The molecule has 0 bridgehead atoms. The summed E-state index contributed by atoms with van der Waals surface area (Å²) in [5.74, 6) is -1.24. The Kier molecular flexibility index (Phi) is 5.49. The first-order chi connectivity index (χ1) is 9.15. The summed E-state index contributed by atoms with van der Waals surface area (Å²) in [6, 6.07) is 3.65. The van der Waals surface area contributed by atoms with Crippen molar-refractivity contribution in [3.8, 4) is 0 Å². The van der Waals surface area contributed by atoms with Crippen molar-refractivity contribution in [3.05, 3.63) is 27.3 Å². The van der Waals surface area contributed by atoms with Gasteiger partial charge in [0, 0.05) is 3.57 Å². The second-order valence-corrected chi connectivity index (χ2v) is 7.27. The van der Waals surface area contributed by atoms with Crippen LogP contribution in [0.5, 0.6) is 0 Å². The molecule has 0 aliphatic rings. The quantitative estimate of drug-likeness (QED) is 0.486. The van der Waals surface area contributed by atoms with Crippen molar-refractivity contribution in [2.24, 2.45) is 0 Å². The van der Waals surface area contributed by atoms with Crippen LogP contribution in [0, 0.1) is 3.57 Å². The standard InChI is InChI=1S/C11H14INO6S/c1-11(5-14,6-15)13-20(18,19)7-2-3-9(12)8(4-7)10(16)17/h2-4,13-15H,5-6H2,1H3,(H,16,17). The van der Waals surface area contributed by atoms with Crippen molar-refractivity contribution in [1.82, 2.24) is 4.72 Å². The summed E-state index contributed by atoms with van der Waals surface area (Å²) in [5.41, 5.74) is -1.56. The molecule has 0 saturated carbocycles. The summed E-state index contributed by atoms with van der Waals surface area (Å²) in [6.07, 6.45) is 0. The molecule has 7 nitrogen and oxygen atoms in total. The van der Waals surface area contributed by atoms with Gasteiger partial charge in [-0.2, -0.15) is 0 Å². The van der Waals surface area contributed by atoms with Gasteiger partial charge >= 0.3 is 5.97 Å². The first-order valence-electron chi connectivity index (χ1n) is 5.44. The second-order valence-electron chi connectivity index (χ2n) is 4.43. The number of aliphatic hydroxyl groups excluding tert-OH is 2. The van der Waals surface area contributed by atoms with Gasteiger partial charge in [0.05, 0.1) is 29.2 Å². The van der Waals surface area contributed by atoms with E-state index in [-0.39, 0.29) is 10.5 Å². The lowest BCUT2D eigenvalue weighted by molar-refractivity contribution is 0.0695. The van der Waals surface area contributed by atoms with E-state index in [4.69, 9.17) is 15.3 Å². The Morgan fingerprint density at radius 1 is 1.35 bits per heavy atom. The fraction of sp³-hybridized carbons (Fsp3) is 0.364. The fourth-order valence-corrected chi connectivity index (χ4v) is 3.32. The van der Waals surface area contributed by atoms with Crippen LogP contribution in [-0.4, -0.2) is 48.5 Å². The van der Waals surface area contributed by atoms with E-state index in [0.717, 1.165) is 6.07 Å². The first kappa shape index (κ1) is 17.3. The smallest absolute Gasteiger partial charge is 0.336 e. The van der Waals surface area contributed by atoms with E-state index in [2.05, 4.69) is 4.72 Å². The van der Waals surface area contributed by atoms with Crippen LogP contribution in [-0.2, 0) is 10.0 Å². The van der Waals surface area contributed by atoms with Gasteiger partial charge in [0.1, 0.15) is 0 Å². The number of sulfonamides is 1. The highest BCUT2D eigenvalue weighted by molar-refractivity contribution is 14.1. The highest BCUT2D eigenvalue weighted by Crippen LogP contribution is 2.19. The van der Waals surface area contributed by atoms with Crippen molar-refractivity contribution in [3.63, 3.8) is 0 Å². The van der Waals surface area contributed by atoms with Crippen LogP contribution in [0.3, 0.4) is 0 Å². The third-order valence-corrected chi connectivity index (χ3v) is 5.13. The van der Waals surface area contributed by atoms with Gasteiger partial charge in [-0.3, -0.25) is 0 Å². The van der Waals surface area contributed by atoms with Crippen molar-refractivity contribution in [2.45, 2.75) is 17.4 Å². The van der Waals surface area contributed by atoms with Crippen LogP contribution >= 0.6 is 22.6 Å². The molecule has 0 heterocycles. The molecule has 0 fully saturated rings. The van der Waals surface area contributed by atoms with Gasteiger partial charge < -0.3 is 15.3 Å². The van der Waals surface area contributed by atoms with Gasteiger partial charge in [-0.25, -0.2) is 17.9 Å². The maximum Gasteiger partial charge on any atom is 0.336 e. The molecule has 20 heavy (non-hydrogen) atoms. The van der Waals surface area contributed by atoms with Crippen molar-refractivity contribution >= 4 is 38.6 Å². The molecule has 0 aliphatic heterocycles. The third kappa shape index (κ3) is 3.88. The fourth-order valence-electron chi connectivity index (χ4n) is 1.33. The molecule has 9 heteroatoms. The molecule has 0 aliphatic carbocycles. The van der Waals surface area contributed by atoms with Gasteiger partial charge in [-0.05, 0) is 47.7 Å². The van der Waals surface area contributed by atoms with Gasteiger partial charge in [-0.1, -0.05) is 0 Å². The van der Waals surface area contributed by atoms with Gasteiger partial charge in [-0.15, -0.1) is 0 Å². The number of carboxylic acid groups (broad SMARTS) is 1. The Bertz CT molecular complexity index is 611. The zero-order valence-corrected chi connectivity index (χ0v) is 13.5. The molecule has 0 amide bonds. The molecular weight excluding hydrogens is 401 g/mol. The first-order valence-corrected chi connectivity index (χ1v) is 8.00. The van der Waals surface area contributed by atoms with E-state index in [0.29, 0.717) is 3.57 Å². The van der Waals surface area contributed by atoms with Gasteiger partial charge in [0.2, 0.25) is 10.0 Å². The van der Waals surface area contributed by atoms with E-state index < -0.39 is 34.7 Å². The van der Waals surface area contributed by atoms with Crippen molar-refractivity contribution < 1.29 is 28.5 Å². The number of nitrogens with one attached hydrogen (secondary N) is 1. The Balaban J connectivity index is 3.23. The lowest BCUT2D eigenvalue weighted by Gasteiger charge is -2.25. The summed E-state index contributed by atoms with van der Waals surface area (Å²) >= 11 is 1.79. The third-order valence-electron chi connectivity index (χ3n) is 2.56. The van der Waals surface area contributed by atoms with Crippen molar-refractivity contribution in [1.29, 1.82) is 0 Å². The molecule has 1 aromatic carbocycles. The van der Waals surface area contributed by atoms with E-state index in [1.54, 1.807) is 22.6 Å². The molecular formula is C11H14INO6S. The molecule has 0 atom stereocenters. The van der Waals surface area contributed by atoms with Crippen LogP contribution in [0.25, 0.3) is 0 Å². The average molecular weight is 415 g/mol. The minimum absolute atomic E-state index is 0.136. The van der Waals surface area contributed by atoms with Crippen LogP contribution in [0.2, 0.25) is 0 Å². The van der Waals surface area contributed by atoms with Crippen molar-refractivity contribution in [2.75, 3.05) is 13.2 Å². The number of aliphatic hydroxyl groups is 2. The number of rotatable bonds is 6. The van der Waals surface area contributed by atoms with Crippen LogP contribution < -0.4 is 4.72 Å². The van der Waals surface area contributed by atoms with Gasteiger partial charge in [0.15, 0.2) is 0 Å². The molecule has 0 aromatic heterocycles. The number of aromatic carboxylic acids is 1. The summed E-state index contributed by atoms with van der Waals surface area (Å²) in [4.78, 5) is 10.8. The number of benzene rings is 1. The minimum atomic E-state index is -4.05. The SMILES string of the molecule is CC(CO)(CO)NS(=O)(=O)c1ccc(I)c(C(=O)O)c1. The number of carboxylic acids is 1. The molecule has 0 saturated heterocycles. The predicted octanol–water partition coefficient (Wildman–Crippen LogP) is 0.0110. The maximum absolute atomic E-state index is 12.1. The van der Waals surface area contributed by atoms with E-state index >= 15 is 0 Å². The predicted molar refractivity (Wildman–Crippen MR) is 79.0 cm³/mol. The summed E-state index contributed by atoms with van der Waals surface area (Å²) in [5, 5.41) is 27.2. The number of halogens is 1. The zero-order chi connectivity index (χ0) is 15.6. The topological polar surface area (TPSA) is 124 Å². The van der Waals surface area contributed by atoms with E-state index in [1.807, 2.05) is 0 Å². The molecule has 112 valence electrons. The maximum atomic E-state index is 12.1. The Morgan fingerprint density at radius 2 is 1.90 bits per heavy atom. The Hall–Kier alpha value is -0.750. The largest absolute Gasteiger partial charge is 0.478 e. The lowest BCUT2D eigenvalue weighted by atomic mass is 10.1. The lowest BCUT2D eigenvalue weighted by Crippen LogP contribution is -2.51. The molecule has 0 unspecified atom stereocenters. The normalized spacial score (nSPS) is 12.4. The second kappa shape index (κ2) is 6.35. The van der Waals surface area contributed by atoms with Gasteiger partial charge in [0.25, 0.3) is 0 Å². The Labute approximate surface area is 129 Å². The molecule has 1 rings (SSSR count). The number of carbonyl (C=O) groups is 1. The monoisotopic (exact) mass is 415 g/mol. The minimum Gasteiger partial charge on any atom is -0.478 e. The highest BCUT2D eigenvalue weighted by atomic mass is 127. The highest BCUT2D eigenvalue weighted by Gasteiger charge is 2.30. The number of hydrogen-bond acceptors (Lipinski definition) is 5. The van der Waals surface area contributed by atoms with E-state index in [1.165, 1.54) is 19.1 Å². The summed E-state index contributed by atoms with van der Waals surface area (Å²) in [7, 11) is -4.05. The summed E-state index contributed by atoms with van der Waals surface area (Å²) < 4.78 is 26.8. The van der Waals surface area contributed by atoms with E-state index in [9.17, 15) is 13.2 Å². The summed E-state index contributed by atoms with van der Waals surface area (Å²) in [6.45, 7) is 0.132.